The van der Waals surface area contributed by atoms with Crippen LogP contribution in [0, 0.1) is 6.92 Å². The zero-order valence-corrected chi connectivity index (χ0v) is 14.2. The van der Waals surface area contributed by atoms with Crippen LogP contribution >= 0.6 is 11.3 Å². The monoisotopic (exact) mass is 363 g/mol. The summed E-state index contributed by atoms with van der Waals surface area (Å²) < 4.78 is 34.5. The first-order valence-corrected chi connectivity index (χ1v) is 9.12. The maximum atomic E-state index is 12.1. The number of nitrogens with one attached hydrogen (secondary N) is 1. The summed E-state index contributed by atoms with van der Waals surface area (Å²) in [6.07, 6.45) is 1.41. The number of hydrogen-bond acceptors (Lipinski definition) is 6. The lowest BCUT2D eigenvalue weighted by Gasteiger charge is -2.07. The van der Waals surface area contributed by atoms with E-state index < -0.39 is 16.0 Å². The number of furan rings is 1. The molecule has 1 N–H and O–H groups in total. The van der Waals surface area contributed by atoms with Crippen molar-refractivity contribution < 1.29 is 21.8 Å². The summed E-state index contributed by atoms with van der Waals surface area (Å²) in [7, 11) is -3.85. The van der Waals surface area contributed by atoms with Gasteiger partial charge in [-0.05, 0) is 55.5 Å². The SMILES string of the molecule is Cc1ccc(S(=O)(=O)Oc2ccc(NC(=O)c3ccco3)cc2)s1. The Balaban J connectivity index is 1.69. The van der Waals surface area contributed by atoms with Crippen LogP contribution in [0.15, 0.2) is 63.4 Å². The number of hydrogen-bond donors (Lipinski definition) is 1. The third-order valence-electron chi connectivity index (χ3n) is 3.03. The summed E-state index contributed by atoms with van der Waals surface area (Å²) >= 11 is 1.14. The number of rotatable bonds is 5. The van der Waals surface area contributed by atoms with Gasteiger partial charge in [-0.25, -0.2) is 0 Å². The average Bonchev–Trinajstić information content (AvgIpc) is 3.20. The van der Waals surface area contributed by atoms with Crippen LogP contribution in [0.3, 0.4) is 0 Å². The number of aryl methyl sites for hydroxylation is 1. The Kier molecular flexibility index (Phi) is 4.41. The van der Waals surface area contributed by atoms with Crippen molar-refractivity contribution in [1.82, 2.24) is 0 Å². The summed E-state index contributed by atoms with van der Waals surface area (Å²) in [6, 6.07) is 12.4. The largest absolute Gasteiger partial charge is 0.459 e. The van der Waals surface area contributed by atoms with E-state index in [0.29, 0.717) is 5.69 Å². The van der Waals surface area contributed by atoms with Crippen molar-refractivity contribution in [3.63, 3.8) is 0 Å². The molecular formula is C16H13NO5S2. The van der Waals surface area contributed by atoms with Crippen LogP contribution in [0.5, 0.6) is 5.75 Å². The van der Waals surface area contributed by atoms with Crippen LogP contribution in [-0.4, -0.2) is 14.3 Å². The highest BCUT2D eigenvalue weighted by Gasteiger charge is 2.18. The lowest BCUT2D eigenvalue weighted by molar-refractivity contribution is 0.0996. The molecule has 0 unspecified atom stereocenters. The molecular weight excluding hydrogens is 350 g/mol. The van der Waals surface area contributed by atoms with E-state index in [0.717, 1.165) is 16.2 Å². The van der Waals surface area contributed by atoms with Gasteiger partial charge in [-0.3, -0.25) is 4.79 Å². The molecule has 2 heterocycles. The second kappa shape index (κ2) is 6.50. The van der Waals surface area contributed by atoms with Gasteiger partial charge in [0.25, 0.3) is 5.91 Å². The molecule has 1 aromatic carbocycles. The van der Waals surface area contributed by atoms with E-state index in [9.17, 15) is 13.2 Å². The average molecular weight is 363 g/mol. The normalized spacial score (nSPS) is 11.2. The molecule has 3 rings (SSSR count). The summed E-state index contributed by atoms with van der Waals surface area (Å²) in [4.78, 5) is 12.7. The standard InChI is InChI=1S/C16H13NO5S2/c1-11-4-9-15(23-11)24(19,20)22-13-7-5-12(6-8-13)17-16(18)14-3-2-10-21-14/h2-10H,1H3,(H,17,18). The molecule has 0 fully saturated rings. The Morgan fingerprint density at radius 1 is 1.12 bits per heavy atom. The van der Waals surface area contributed by atoms with Gasteiger partial charge >= 0.3 is 10.1 Å². The van der Waals surface area contributed by atoms with Gasteiger partial charge in [0.15, 0.2) is 9.97 Å². The van der Waals surface area contributed by atoms with Crippen molar-refractivity contribution in [3.05, 3.63) is 65.4 Å². The molecule has 0 saturated carbocycles. The number of amides is 1. The van der Waals surface area contributed by atoms with Gasteiger partial charge in [0.1, 0.15) is 5.75 Å². The first-order valence-electron chi connectivity index (χ1n) is 6.90. The van der Waals surface area contributed by atoms with Gasteiger partial charge < -0.3 is 13.9 Å². The van der Waals surface area contributed by atoms with E-state index in [2.05, 4.69) is 5.32 Å². The number of thiophene rings is 1. The number of carbonyl (C=O) groups is 1. The van der Waals surface area contributed by atoms with E-state index in [1.54, 1.807) is 30.3 Å². The minimum Gasteiger partial charge on any atom is -0.459 e. The minimum atomic E-state index is -3.85. The number of anilines is 1. The maximum Gasteiger partial charge on any atom is 0.348 e. The summed E-state index contributed by atoms with van der Waals surface area (Å²) in [5.74, 6) is -0.0432. The number of carbonyl (C=O) groups excluding carboxylic acids is 1. The molecule has 2 aromatic heterocycles. The molecule has 124 valence electrons. The zero-order valence-electron chi connectivity index (χ0n) is 12.6. The van der Waals surface area contributed by atoms with Crippen LogP contribution in [0.2, 0.25) is 0 Å². The quantitative estimate of drug-likeness (QED) is 0.699. The first kappa shape index (κ1) is 16.3. The molecule has 8 heteroatoms. The molecule has 0 aliphatic rings. The molecule has 6 nitrogen and oxygen atoms in total. The fourth-order valence-electron chi connectivity index (χ4n) is 1.91. The Labute approximate surface area is 142 Å². The molecule has 24 heavy (non-hydrogen) atoms. The first-order chi connectivity index (χ1) is 11.4. The molecule has 3 aromatic rings. The number of benzene rings is 1. The van der Waals surface area contributed by atoms with Gasteiger partial charge in [-0.2, -0.15) is 8.42 Å². The van der Waals surface area contributed by atoms with E-state index in [-0.39, 0.29) is 15.7 Å². The summed E-state index contributed by atoms with van der Waals surface area (Å²) in [5.41, 5.74) is 0.494. The van der Waals surface area contributed by atoms with E-state index >= 15 is 0 Å². The second-order valence-electron chi connectivity index (χ2n) is 4.86. The smallest absolute Gasteiger partial charge is 0.348 e. The van der Waals surface area contributed by atoms with Gasteiger partial charge in [0, 0.05) is 10.6 Å². The molecule has 0 radical (unpaired) electrons. The second-order valence-corrected chi connectivity index (χ2v) is 7.92. The highest BCUT2D eigenvalue weighted by molar-refractivity contribution is 7.89. The van der Waals surface area contributed by atoms with E-state index in [4.69, 9.17) is 8.60 Å². The van der Waals surface area contributed by atoms with Gasteiger partial charge in [0.2, 0.25) is 0 Å². The fourth-order valence-corrected chi connectivity index (χ4v) is 4.08. The van der Waals surface area contributed by atoms with Crippen molar-refractivity contribution in [3.8, 4) is 5.75 Å². The van der Waals surface area contributed by atoms with Gasteiger partial charge in [0.05, 0.1) is 6.26 Å². The van der Waals surface area contributed by atoms with Crippen molar-refractivity contribution in [2.45, 2.75) is 11.1 Å². The van der Waals surface area contributed by atoms with Crippen LogP contribution in [0.4, 0.5) is 5.69 Å². The summed E-state index contributed by atoms with van der Waals surface area (Å²) in [5, 5.41) is 2.63. The van der Waals surface area contributed by atoms with Gasteiger partial charge in [-0.1, -0.05) is 0 Å². The van der Waals surface area contributed by atoms with Crippen molar-refractivity contribution >= 4 is 33.0 Å². The van der Waals surface area contributed by atoms with Crippen molar-refractivity contribution in [1.29, 1.82) is 0 Å². The lowest BCUT2D eigenvalue weighted by atomic mass is 10.3. The predicted molar refractivity (Wildman–Crippen MR) is 90.0 cm³/mol. The third kappa shape index (κ3) is 3.66. The molecule has 0 saturated heterocycles. The molecule has 0 bridgehead atoms. The lowest BCUT2D eigenvalue weighted by Crippen LogP contribution is -2.11. The van der Waals surface area contributed by atoms with Crippen molar-refractivity contribution in [2.24, 2.45) is 0 Å². The Morgan fingerprint density at radius 3 is 2.46 bits per heavy atom. The molecule has 0 aliphatic carbocycles. The maximum absolute atomic E-state index is 12.1. The summed E-state index contributed by atoms with van der Waals surface area (Å²) in [6.45, 7) is 1.82. The van der Waals surface area contributed by atoms with Crippen LogP contribution in [-0.2, 0) is 10.1 Å². The molecule has 1 amide bonds. The molecule has 0 spiro atoms. The Bertz CT molecular complexity index is 941. The van der Waals surface area contributed by atoms with Crippen molar-refractivity contribution in [2.75, 3.05) is 5.32 Å². The topological polar surface area (TPSA) is 85.6 Å². The zero-order chi connectivity index (χ0) is 17.2. The van der Waals surface area contributed by atoms with Crippen LogP contribution < -0.4 is 9.50 Å². The van der Waals surface area contributed by atoms with E-state index in [1.807, 2.05) is 6.92 Å². The Hall–Kier alpha value is -2.58. The predicted octanol–water partition coefficient (Wildman–Crippen LogP) is 3.67. The van der Waals surface area contributed by atoms with Crippen LogP contribution in [0.1, 0.15) is 15.4 Å². The highest BCUT2D eigenvalue weighted by Crippen LogP contribution is 2.25. The minimum absolute atomic E-state index is 0.148. The molecule has 0 atom stereocenters. The molecule has 0 aliphatic heterocycles. The van der Waals surface area contributed by atoms with E-state index in [1.165, 1.54) is 24.5 Å². The van der Waals surface area contributed by atoms with Gasteiger partial charge in [-0.15, -0.1) is 11.3 Å². The fraction of sp³-hybridized carbons (Fsp3) is 0.0625. The Morgan fingerprint density at radius 2 is 1.88 bits per heavy atom. The van der Waals surface area contributed by atoms with Crippen LogP contribution in [0.25, 0.3) is 0 Å². The third-order valence-corrected chi connectivity index (χ3v) is 5.72. The highest BCUT2D eigenvalue weighted by atomic mass is 32.3.